The van der Waals surface area contributed by atoms with Gasteiger partial charge in [0.2, 0.25) is 5.91 Å². The second-order valence-electron chi connectivity index (χ2n) is 6.87. The average Bonchev–Trinajstić information content (AvgIpc) is 3.18. The summed E-state index contributed by atoms with van der Waals surface area (Å²) < 4.78 is 5.44. The summed E-state index contributed by atoms with van der Waals surface area (Å²) in [7, 11) is 4.13. The van der Waals surface area contributed by atoms with Gasteiger partial charge in [-0.3, -0.25) is 4.79 Å². The zero-order valence-electron chi connectivity index (χ0n) is 14.7. The highest BCUT2D eigenvalue weighted by atomic mass is 16.3. The van der Waals surface area contributed by atoms with Gasteiger partial charge in [-0.15, -0.1) is 0 Å². The van der Waals surface area contributed by atoms with E-state index in [9.17, 15) is 4.79 Å². The second-order valence-corrected chi connectivity index (χ2v) is 6.87. The van der Waals surface area contributed by atoms with Gasteiger partial charge in [0.1, 0.15) is 5.76 Å². The van der Waals surface area contributed by atoms with Gasteiger partial charge in [0.15, 0.2) is 0 Å². The summed E-state index contributed by atoms with van der Waals surface area (Å²) in [5.41, 5.74) is 2.47. The maximum atomic E-state index is 12.7. The molecule has 2 atom stereocenters. The summed E-state index contributed by atoms with van der Waals surface area (Å²) in [6.07, 6.45) is 2.59. The van der Waals surface area contributed by atoms with Crippen LogP contribution in [0.4, 0.5) is 0 Å². The van der Waals surface area contributed by atoms with Crippen LogP contribution in [0.15, 0.2) is 47.1 Å². The molecule has 4 nitrogen and oxygen atoms in total. The normalized spacial score (nSPS) is 19.5. The first-order valence-electron chi connectivity index (χ1n) is 8.63. The number of nitrogens with zero attached hydrogens (tertiary/aromatic N) is 2. The van der Waals surface area contributed by atoms with Crippen LogP contribution in [0.1, 0.15) is 36.1 Å². The maximum absolute atomic E-state index is 12.7. The number of benzene rings is 1. The van der Waals surface area contributed by atoms with Crippen LogP contribution in [0, 0.1) is 5.92 Å². The Bertz CT molecular complexity index is 661. The SMILES string of the molecule is CCN(Cc1ccc(CN(C)C)cc1)C(=O)[C@H]1C[C@H]1c1ccco1. The number of hydrogen-bond acceptors (Lipinski definition) is 3. The molecule has 1 aromatic heterocycles. The first kappa shape index (κ1) is 16.8. The lowest BCUT2D eigenvalue weighted by molar-refractivity contribution is -0.133. The highest BCUT2D eigenvalue weighted by Crippen LogP contribution is 2.48. The molecule has 3 rings (SSSR count). The zero-order chi connectivity index (χ0) is 17.1. The van der Waals surface area contributed by atoms with E-state index in [-0.39, 0.29) is 17.7 Å². The quantitative estimate of drug-likeness (QED) is 0.781. The van der Waals surface area contributed by atoms with Crippen LogP contribution in [0.2, 0.25) is 0 Å². The molecule has 1 aliphatic carbocycles. The molecule has 0 bridgehead atoms. The van der Waals surface area contributed by atoms with Gasteiger partial charge in [-0.1, -0.05) is 24.3 Å². The minimum atomic E-state index is 0.0871. The average molecular weight is 326 g/mol. The molecule has 0 N–H and O–H groups in total. The fraction of sp³-hybridized carbons (Fsp3) is 0.450. The number of rotatable bonds is 7. The molecule has 0 aliphatic heterocycles. The fourth-order valence-corrected chi connectivity index (χ4v) is 3.20. The van der Waals surface area contributed by atoms with Crippen LogP contribution in [0.3, 0.4) is 0 Å². The Kier molecular flexibility index (Phi) is 5.05. The van der Waals surface area contributed by atoms with Crippen molar-refractivity contribution in [2.24, 2.45) is 5.92 Å². The number of furan rings is 1. The van der Waals surface area contributed by atoms with E-state index >= 15 is 0 Å². The number of amides is 1. The molecule has 0 spiro atoms. The van der Waals surface area contributed by atoms with Gasteiger partial charge < -0.3 is 14.2 Å². The lowest BCUT2D eigenvalue weighted by Gasteiger charge is -2.21. The van der Waals surface area contributed by atoms with Gasteiger partial charge in [-0.2, -0.15) is 0 Å². The minimum Gasteiger partial charge on any atom is -0.469 e. The minimum absolute atomic E-state index is 0.0871. The summed E-state index contributed by atoms with van der Waals surface area (Å²) in [4.78, 5) is 16.8. The summed E-state index contributed by atoms with van der Waals surface area (Å²) >= 11 is 0. The molecule has 1 aliphatic rings. The van der Waals surface area contributed by atoms with Crippen LogP contribution in [0.25, 0.3) is 0 Å². The van der Waals surface area contributed by atoms with Crippen LogP contribution < -0.4 is 0 Å². The Morgan fingerprint density at radius 3 is 2.33 bits per heavy atom. The molecule has 2 aromatic rings. The molecule has 1 saturated carbocycles. The van der Waals surface area contributed by atoms with Crippen LogP contribution in [-0.2, 0) is 17.9 Å². The molecule has 0 saturated heterocycles. The smallest absolute Gasteiger partial charge is 0.226 e. The number of carbonyl (C=O) groups is 1. The number of hydrogen-bond donors (Lipinski definition) is 0. The van der Waals surface area contributed by atoms with Crippen molar-refractivity contribution < 1.29 is 9.21 Å². The molecule has 1 fully saturated rings. The van der Waals surface area contributed by atoms with Crippen LogP contribution >= 0.6 is 0 Å². The molecule has 0 unspecified atom stereocenters. The van der Waals surface area contributed by atoms with Gasteiger partial charge in [0.25, 0.3) is 0 Å². The van der Waals surface area contributed by atoms with Gasteiger partial charge in [-0.25, -0.2) is 0 Å². The molecule has 1 heterocycles. The second kappa shape index (κ2) is 7.22. The van der Waals surface area contributed by atoms with E-state index in [1.54, 1.807) is 6.26 Å². The van der Waals surface area contributed by atoms with Crippen molar-refractivity contribution in [2.45, 2.75) is 32.4 Å². The molecular formula is C20H26N2O2. The fourth-order valence-electron chi connectivity index (χ4n) is 3.20. The number of carbonyl (C=O) groups excluding carboxylic acids is 1. The largest absolute Gasteiger partial charge is 0.469 e. The lowest BCUT2D eigenvalue weighted by Crippen LogP contribution is -2.31. The molecule has 24 heavy (non-hydrogen) atoms. The Morgan fingerprint density at radius 2 is 1.79 bits per heavy atom. The molecular weight excluding hydrogens is 300 g/mol. The summed E-state index contributed by atoms with van der Waals surface area (Å²) in [6.45, 7) is 4.39. The molecule has 4 heteroatoms. The monoisotopic (exact) mass is 326 g/mol. The summed E-state index contributed by atoms with van der Waals surface area (Å²) in [5.74, 6) is 1.54. The van der Waals surface area contributed by atoms with Crippen molar-refractivity contribution in [1.82, 2.24) is 9.80 Å². The summed E-state index contributed by atoms with van der Waals surface area (Å²) in [6, 6.07) is 12.4. The van der Waals surface area contributed by atoms with E-state index in [2.05, 4.69) is 43.3 Å². The maximum Gasteiger partial charge on any atom is 0.226 e. The van der Waals surface area contributed by atoms with Gasteiger partial charge >= 0.3 is 0 Å². The van der Waals surface area contributed by atoms with E-state index in [1.807, 2.05) is 24.0 Å². The molecule has 1 aromatic carbocycles. The van der Waals surface area contributed by atoms with Crippen molar-refractivity contribution in [3.05, 3.63) is 59.5 Å². The Balaban J connectivity index is 1.59. The Hall–Kier alpha value is -2.07. The molecule has 1 amide bonds. The van der Waals surface area contributed by atoms with Gasteiger partial charge in [0.05, 0.1) is 6.26 Å². The van der Waals surface area contributed by atoms with Gasteiger partial charge in [-0.05, 0) is 50.7 Å². The Morgan fingerprint density at radius 1 is 1.12 bits per heavy atom. The van der Waals surface area contributed by atoms with Crippen molar-refractivity contribution in [1.29, 1.82) is 0 Å². The van der Waals surface area contributed by atoms with E-state index < -0.39 is 0 Å². The van der Waals surface area contributed by atoms with E-state index in [1.165, 1.54) is 11.1 Å². The lowest BCUT2D eigenvalue weighted by atomic mass is 10.1. The molecule has 128 valence electrons. The first-order chi connectivity index (χ1) is 11.6. The zero-order valence-corrected chi connectivity index (χ0v) is 14.7. The third-order valence-electron chi connectivity index (χ3n) is 4.60. The van der Waals surface area contributed by atoms with Crippen molar-refractivity contribution >= 4 is 5.91 Å². The highest BCUT2D eigenvalue weighted by molar-refractivity contribution is 5.82. The molecule has 0 radical (unpaired) electrons. The van der Waals surface area contributed by atoms with E-state index in [0.29, 0.717) is 6.54 Å². The van der Waals surface area contributed by atoms with E-state index in [0.717, 1.165) is 25.3 Å². The highest BCUT2D eigenvalue weighted by Gasteiger charge is 2.47. The van der Waals surface area contributed by atoms with Crippen LogP contribution in [-0.4, -0.2) is 36.3 Å². The standard InChI is InChI=1S/C20H26N2O2/c1-4-22(14-16-9-7-15(8-10-16)13-21(2)3)20(23)18-12-17(18)19-6-5-11-24-19/h5-11,17-18H,4,12-14H2,1-3H3/t17-,18+/m1/s1. The topological polar surface area (TPSA) is 36.7 Å². The van der Waals surface area contributed by atoms with Crippen LogP contribution in [0.5, 0.6) is 0 Å². The van der Waals surface area contributed by atoms with Crippen molar-refractivity contribution in [3.8, 4) is 0 Å². The predicted octanol–water partition coefficient (Wildman–Crippen LogP) is 3.49. The third-order valence-corrected chi connectivity index (χ3v) is 4.60. The summed E-state index contributed by atoms with van der Waals surface area (Å²) in [5, 5.41) is 0. The van der Waals surface area contributed by atoms with E-state index in [4.69, 9.17) is 4.42 Å². The first-order valence-corrected chi connectivity index (χ1v) is 8.63. The van der Waals surface area contributed by atoms with Crippen molar-refractivity contribution in [2.75, 3.05) is 20.6 Å². The van der Waals surface area contributed by atoms with Gasteiger partial charge in [0, 0.05) is 31.5 Å². The predicted molar refractivity (Wildman–Crippen MR) is 94.5 cm³/mol. The Labute approximate surface area is 144 Å². The third kappa shape index (κ3) is 3.88. The van der Waals surface area contributed by atoms with Crippen molar-refractivity contribution in [3.63, 3.8) is 0 Å².